The van der Waals surface area contributed by atoms with Crippen molar-refractivity contribution in [2.75, 3.05) is 14.2 Å². The zero-order valence-electron chi connectivity index (χ0n) is 16.9. The molecule has 0 aliphatic heterocycles. The molecule has 7 heteroatoms. The molecule has 1 aliphatic carbocycles. The number of aromatic nitrogens is 1. The molecule has 0 bridgehead atoms. The first-order valence-corrected chi connectivity index (χ1v) is 9.78. The number of ether oxygens (including phenoxy) is 2. The lowest BCUT2D eigenvalue weighted by Crippen LogP contribution is -2.31. The van der Waals surface area contributed by atoms with Gasteiger partial charge in [0.2, 0.25) is 5.91 Å². The Balaban J connectivity index is 1.53. The Morgan fingerprint density at radius 2 is 1.80 bits per heavy atom. The van der Waals surface area contributed by atoms with Crippen molar-refractivity contribution in [1.29, 1.82) is 0 Å². The van der Waals surface area contributed by atoms with Gasteiger partial charge in [0, 0.05) is 24.1 Å². The summed E-state index contributed by atoms with van der Waals surface area (Å²) in [5, 5.41) is 4.15. The average molecular weight is 410 g/mol. The smallest absolute Gasteiger partial charge is 0.226 e. The molecule has 0 atom stereocenters. The molecule has 1 aromatic heterocycles. The summed E-state index contributed by atoms with van der Waals surface area (Å²) in [6, 6.07) is 13.5. The van der Waals surface area contributed by atoms with Crippen LogP contribution in [0.4, 0.5) is 4.39 Å². The van der Waals surface area contributed by atoms with Gasteiger partial charge in [0.1, 0.15) is 11.5 Å². The SMILES string of the molecule is COc1ccc(-c2cc(CN(Cc3ccc(F)cc3)C(=O)C3CC3)no2)cc1OC. The number of hydrogen-bond donors (Lipinski definition) is 0. The van der Waals surface area contributed by atoms with Crippen molar-refractivity contribution in [3.63, 3.8) is 0 Å². The van der Waals surface area contributed by atoms with Gasteiger partial charge in [0.15, 0.2) is 17.3 Å². The van der Waals surface area contributed by atoms with E-state index in [-0.39, 0.29) is 17.6 Å². The Kier molecular flexibility index (Phi) is 5.70. The molecule has 0 saturated heterocycles. The zero-order valence-corrected chi connectivity index (χ0v) is 16.9. The number of rotatable bonds is 8. The Bertz CT molecular complexity index is 1030. The van der Waals surface area contributed by atoms with Gasteiger partial charge in [0.25, 0.3) is 0 Å². The van der Waals surface area contributed by atoms with Crippen LogP contribution < -0.4 is 9.47 Å². The summed E-state index contributed by atoms with van der Waals surface area (Å²) < 4.78 is 29.3. The van der Waals surface area contributed by atoms with Gasteiger partial charge in [-0.05, 0) is 48.7 Å². The molecule has 1 aliphatic rings. The summed E-state index contributed by atoms with van der Waals surface area (Å²) >= 11 is 0. The van der Waals surface area contributed by atoms with Crippen molar-refractivity contribution < 1.29 is 23.2 Å². The fourth-order valence-corrected chi connectivity index (χ4v) is 3.32. The van der Waals surface area contributed by atoms with Crippen LogP contribution in [-0.4, -0.2) is 30.2 Å². The lowest BCUT2D eigenvalue weighted by molar-refractivity contribution is -0.133. The highest BCUT2D eigenvalue weighted by atomic mass is 19.1. The summed E-state index contributed by atoms with van der Waals surface area (Å²) in [5.41, 5.74) is 2.31. The monoisotopic (exact) mass is 410 g/mol. The first kappa shape index (κ1) is 19.9. The lowest BCUT2D eigenvalue weighted by Gasteiger charge is -2.21. The molecule has 1 saturated carbocycles. The summed E-state index contributed by atoms with van der Waals surface area (Å²) in [6.07, 6.45) is 1.82. The van der Waals surface area contributed by atoms with E-state index in [0.29, 0.717) is 36.0 Å². The van der Waals surface area contributed by atoms with Crippen molar-refractivity contribution in [2.24, 2.45) is 5.92 Å². The van der Waals surface area contributed by atoms with Gasteiger partial charge in [-0.1, -0.05) is 17.3 Å². The molecule has 156 valence electrons. The van der Waals surface area contributed by atoms with Gasteiger partial charge >= 0.3 is 0 Å². The third kappa shape index (κ3) is 4.45. The Labute approximate surface area is 174 Å². The molecule has 1 amide bonds. The predicted molar refractivity (Wildman–Crippen MR) is 108 cm³/mol. The Hall–Kier alpha value is -3.35. The third-order valence-corrected chi connectivity index (χ3v) is 5.10. The van der Waals surface area contributed by atoms with Crippen LogP contribution in [0.2, 0.25) is 0 Å². The van der Waals surface area contributed by atoms with Crippen molar-refractivity contribution >= 4 is 5.91 Å². The van der Waals surface area contributed by atoms with E-state index in [1.807, 2.05) is 18.2 Å². The number of amides is 1. The minimum absolute atomic E-state index is 0.0719. The van der Waals surface area contributed by atoms with E-state index in [4.69, 9.17) is 14.0 Å². The van der Waals surface area contributed by atoms with Crippen LogP contribution in [0.1, 0.15) is 24.1 Å². The van der Waals surface area contributed by atoms with Crippen molar-refractivity contribution in [2.45, 2.75) is 25.9 Å². The molecule has 3 aromatic rings. The largest absolute Gasteiger partial charge is 0.493 e. The van der Waals surface area contributed by atoms with Crippen molar-refractivity contribution in [3.8, 4) is 22.8 Å². The van der Waals surface area contributed by atoms with Gasteiger partial charge in [-0.15, -0.1) is 0 Å². The minimum Gasteiger partial charge on any atom is -0.493 e. The molecule has 6 nitrogen and oxygen atoms in total. The van der Waals surface area contributed by atoms with E-state index < -0.39 is 0 Å². The van der Waals surface area contributed by atoms with Gasteiger partial charge in [-0.2, -0.15) is 0 Å². The van der Waals surface area contributed by atoms with E-state index in [1.165, 1.54) is 12.1 Å². The van der Waals surface area contributed by atoms with E-state index in [2.05, 4.69) is 5.16 Å². The standard InChI is InChI=1S/C23H23FN2O4/c1-28-20-10-7-17(11-22(20)29-2)21-12-19(25-30-21)14-26(23(27)16-5-6-16)13-15-3-8-18(24)9-4-15/h3-4,7-12,16H,5-6,13-14H2,1-2H3. The highest BCUT2D eigenvalue weighted by molar-refractivity contribution is 5.81. The molecule has 0 spiro atoms. The zero-order chi connectivity index (χ0) is 21.1. The van der Waals surface area contributed by atoms with E-state index in [1.54, 1.807) is 37.3 Å². The van der Waals surface area contributed by atoms with Crippen LogP contribution in [0.15, 0.2) is 53.1 Å². The second kappa shape index (κ2) is 8.57. The number of carbonyl (C=O) groups excluding carboxylic acids is 1. The molecule has 2 aromatic carbocycles. The van der Waals surface area contributed by atoms with Crippen LogP contribution in [0.25, 0.3) is 11.3 Å². The first-order chi connectivity index (χ1) is 14.6. The average Bonchev–Trinajstić information content (AvgIpc) is 3.52. The maximum Gasteiger partial charge on any atom is 0.226 e. The topological polar surface area (TPSA) is 64.8 Å². The second-order valence-corrected chi connectivity index (χ2v) is 7.35. The Morgan fingerprint density at radius 1 is 1.07 bits per heavy atom. The van der Waals surface area contributed by atoms with Gasteiger partial charge in [-0.3, -0.25) is 4.79 Å². The van der Waals surface area contributed by atoms with E-state index in [0.717, 1.165) is 24.0 Å². The molecular formula is C23H23FN2O4. The molecule has 0 unspecified atom stereocenters. The van der Waals surface area contributed by atoms with Crippen LogP contribution in [0, 0.1) is 11.7 Å². The van der Waals surface area contributed by atoms with Crippen molar-refractivity contribution in [1.82, 2.24) is 10.1 Å². The van der Waals surface area contributed by atoms with Crippen LogP contribution in [0.5, 0.6) is 11.5 Å². The highest BCUT2D eigenvalue weighted by Crippen LogP contribution is 2.34. The van der Waals surface area contributed by atoms with Gasteiger partial charge in [0.05, 0.1) is 20.8 Å². The fraction of sp³-hybridized carbons (Fsp3) is 0.304. The summed E-state index contributed by atoms with van der Waals surface area (Å²) in [6.45, 7) is 0.720. The first-order valence-electron chi connectivity index (χ1n) is 9.78. The molecule has 1 fully saturated rings. The number of nitrogens with zero attached hydrogens (tertiary/aromatic N) is 2. The van der Waals surface area contributed by atoms with E-state index in [9.17, 15) is 9.18 Å². The van der Waals surface area contributed by atoms with Gasteiger partial charge < -0.3 is 18.9 Å². The number of hydrogen-bond acceptors (Lipinski definition) is 5. The number of methoxy groups -OCH3 is 2. The summed E-state index contributed by atoms with van der Waals surface area (Å²) in [7, 11) is 3.15. The minimum atomic E-state index is -0.296. The van der Waals surface area contributed by atoms with Crippen LogP contribution in [0.3, 0.4) is 0 Å². The van der Waals surface area contributed by atoms with Crippen LogP contribution in [-0.2, 0) is 17.9 Å². The lowest BCUT2D eigenvalue weighted by atomic mass is 10.1. The predicted octanol–water partition coefficient (Wildman–Crippen LogP) is 4.44. The number of halogens is 1. The van der Waals surface area contributed by atoms with E-state index >= 15 is 0 Å². The van der Waals surface area contributed by atoms with Gasteiger partial charge in [-0.25, -0.2) is 4.39 Å². The number of carbonyl (C=O) groups is 1. The third-order valence-electron chi connectivity index (χ3n) is 5.10. The van der Waals surface area contributed by atoms with Crippen LogP contribution >= 0.6 is 0 Å². The molecule has 0 N–H and O–H groups in total. The molecule has 4 rings (SSSR count). The quantitative estimate of drug-likeness (QED) is 0.549. The maximum atomic E-state index is 13.2. The molecule has 0 radical (unpaired) electrons. The summed E-state index contributed by atoms with van der Waals surface area (Å²) in [4.78, 5) is 14.5. The summed E-state index contributed by atoms with van der Waals surface area (Å²) in [5.74, 6) is 1.66. The maximum absolute atomic E-state index is 13.2. The Morgan fingerprint density at radius 3 is 2.47 bits per heavy atom. The molecular weight excluding hydrogens is 387 g/mol. The normalized spacial score (nSPS) is 13.2. The number of benzene rings is 2. The molecule has 1 heterocycles. The fourth-order valence-electron chi connectivity index (χ4n) is 3.32. The molecule has 30 heavy (non-hydrogen) atoms. The second-order valence-electron chi connectivity index (χ2n) is 7.35. The van der Waals surface area contributed by atoms with Crippen molar-refractivity contribution in [3.05, 3.63) is 65.6 Å². The highest BCUT2D eigenvalue weighted by Gasteiger charge is 2.33.